The van der Waals surface area contributed by atoms with Gasteiger partial charge in [-0.2, -0.15) is 0 Å². The van der Waals surface area contributed by atoms with Gasteiger partial charge in [0.2, 0.25) is 0 Å². The highest BCUT2D eigenvalue weighted by atomic mass is 35.5. The van der Waals surface area contributed by atoms with Crippen LogP contribution in [-0.2, 0) is 0 Å². The molecule has 0 aliphatic heterocycles. The van der Waals surface area contributed by atoms with Gasteiger partial charge in [-0.25, -0.2) is 0 Å². The van der Waals surface area contributed by atoms with Crippen molar-refractivity contribution < 1.29 is 4.42 Å². The summed E-state index contributed by atoms with van der Waals surface area (Å²) in [6.07, 6.45) is 0. The van der Waals surface area contributed by atoms with Crippen LogP contribution < -0.4 is 4.90 Å². The monoisotopic (exact) mass is 495 g/mol. The van der Waals surface area contributed by atoms with E-state index in [4.69, 9.17) is 16.0 Å². The Bertz CT molecular complexity index is 1850. The first-order chi connectivity index (χ1) is 18.3. The summed E-state index contributed by atoms with van der Waals surface area (Å²) >= 11 is 6.20. The van der Waals surface area contributed by atoms with E-state index < -0.39 is 0 Å². The second-order valence-electron chi connectivity index (χ2n) is 9.14. The smallest absolute Gasteiger partial charge is 0.136 e. The third-order valence-corrected chi connectivity index (χ3v) is 7.15. The van der Waals surface area contributed by atoms with Crippen molar-refractivity contribution in [1.82, 2.24) is 0 Å². The number of hydrogen-bond acceptors (Lipinski definition) is 2. The number of rotatable bonds is 4. The summed E-state index contributed by atoms with van der Waals surface area (Å²) in [5, 5.41) is 5.23. The highest BCUT2D eigenvalue weighted by molar-refractivity contribution is 6.31. The van der Waals surface area contributed by atoms with Gasteiger partial charge in [0.15, 0.2) is 0 Å². The van der Waals surface area contributed by atoms with Crippen LogP contribution in [-0.4, -0.2) is 0 Å². The number of hydrogen-bond donors (Lipinski definition) is 0. The lowest BCUT2D eigenvalue weighted by Crippen LogP contribution is -2.10. The van der Waals surface area contributed by atoms with Gasteiger partial charge in [-0.05, 0) is 71.1 Å². The molecule has 0 saturated heterocycles. The first kappa shape index (κ1) is 21.7. The summed E-state index contributed by atoms with van der Waals surface area (Å²) in [4.78, 5) is 2.32. The quantitative estimate of drug-likeness (QED) is 0.241. The second kappa shape index (κ2) is 8.85. The van der Waals surface area contributed by atoms with Gasteiger partial charge in [0.1, 0.15) is 11.2 Å². The van der Waals surface area contributed by atoms with Gasteiger partial charge >= 0.3 is 0 Å². The molecule has 0 spiro atoms. The topological polar surface area (TPSA) is 16.4 Å². The minimum atomic E-state index is 0.676. The Morgan fingerprint density at radius 1 is 0.486 bits per heavy atom. The maximum atomic E-state index is 6.20. The van der Waals surface area contributed by atoms with Crippen LogP contribution in [0.2, 0.25) is 5.02 Å². The molecule has 0 amide bonds. The van der Waals surface area contributed by atoms with Gasteiger partial charge in [0.05, 0.1) is 5.69 Å². The number of halogens is 1. The first-order valence-corrected chi connectivity index (χ1v) is 12.7. The van der Waals surface area contributed by atoms with Gasteiger partial charge in [-0.3, -0.25) is 0 Å². The van der Waals surface area contributed by atoms with E-state index in [0.717, 1.165) is 44.6 Å². The van der Waals surface area contributed by atoms with Crippen molar-refractivity contribution in [2.75, 3.05) is 4.90 Å². The number of anilines is 3. The molecule has 37 heavy (non-hydrogen) atoms. The van der Waals surface area contributed by atoms with Gasteiger partial charge in [-0.15, -0.1) is 0 Å². The van der Waals surface area contributed by atoms with E-state index >= 15 is 0 Å². The molecule has 0 aliphatic rings. The van der Waals surface area contributed by atoms with E-state index in [1.165, 1.54) is 16.3 Å². The molecule has 6 aromatic carbocycles. The van der Waals surface area contributed by atoms with Crippen LogP contribution in [0.3, 0.4) is 0 Å². The zero-order valence-electron chi connectivity index (χ0n) is 19.9. The lowest BCUT2D eigenvalue weighted by Gasteiger charge is -2.27. The van der Waals surface area contributed by atoms with Crippen molar-refractivity contribution in [2.24, 2.45) is 0 Å². The normalized spacial score (nSPS) is 11.4. The summed E-state index contributed by atoms with van der Waals surface area (Å²) in [5.74, 6) is 0. The molecule has 0 bridgehead atoms. The lowest BCUT2D eigenvalue weighted by atomic mass is 9.95. The molecule has 0 fully saturated rings. The van der Waals surface area contributed by atoms with Gasteiger partial charge < -0.3 is 9.32 Å². The largest absolute Gasteiger partial charge is 0.456 e. The molecule has 1 aromatic heterocycles. The minimum absolute atomic E-state index is 0.676. The van der Waals surface area contributed by atoms with Crippen LogP contribution in [0.15, 0.2) is 138 Å². The van der Waals surface area contributed by atoms with Crippen LogP contribution in [0.4, 0.5) is 17.1 Å². The van der Waals surface area contributed by atoms with E-state index in [1.807, 2.05) is 18.2 Å². The molecular formula is C34H22ClNO. The van der Waals surface area contributed by atoms with Crippen molar-refractivity contribution in [1.29, 1.82) is 0 Å². The third kappa shape index (κ3) is 3.74. The first-order valence-electron chi connectivity index (χ1n) is 12.3. The maximum Gasteiger partial charge on any atom is 0.136 e. The number of nitrogens with zero attached hydrogens (tertiary/aromatic N) is 1. The number of benzene rings is 6. The summed E-state index contributed by atoms with van der Waals surface area (Å²) < 4.78 is 6.07. The summed E-state index contributed by atoms with van der Waals surface area (Å²) in [6.45, 7) is 0. The summed E-state index contributed by atoms with van der Waals surface area (Å²) in [6, 6.07) is 46.4. The number of fused-ring (bicyclic) bond motifs is 4. The molecular weight excluding hydrogens is 474 g/mol. The van der Waals surface area contributed by atoms with Gasteiger partial charge in [0, 0.05) is 38.6 Å². The molecule has 2 nitrogen and oxygen atoms in total. The highest BCUT2D eigenvalue weighted by Crippen LogP contribution is 2.42. The van der Waals surface area contributed by atoms with E-state index in [2.05, 4.69) is 120 Å². The molecule has 0 aliphatic carbocycles. The van der Waals surface area contributed by atoms with E-state index in [9.17, 15) is 0 Å². The van der Waals surface area contributed by atoms with E-state index in [0.29, 0.717) is 5.02 Å². The fourth-order valence-electron chi connectivity index (χ4n) is 5.23. The third-order valence-electron chi connectivity index (χ3n) is 6.92. The number of para-hydroxylation sites is 2. The fraction of sp³-hybridized carbons (Fsp3) is 0. The molecule has 3 heteroatoms. The average Bonchev–Trinajstić information content (AvgIpc) is 3.31. The molecule has 176 valence electrons. The van der Waals surface area contributed by atoms with Crippen LogP contribution in [0.25, 0.3) is 43.8 Å². The SMILES string of the molecule is Clc1ccc2c(c1)oc1ccc(-c3ccc(N(c4ccccc4)c4ccccc4)c4ccccc34)cc12. The van der Waals surface area contributed by atoms with E-state index in [1.54, 1.807) is 0 Å². The highest BCUT2D eigenvalue weighted by Gasteiger charge is 2.17. The Balaban J connectivity index is 1.44. The van der Waals surface area contributed by atoms with Crippen LogP contribution in [0.1, 0.15) is 0 Å². The van der Waals surface area contributed by atoms with Crippen LogP contribution in [0, 0.1) is 0 Å². The predicted molar refractivity (Wildman–Crippen MR) is 156 cm³/mol. The Hall–Kier alpha value is -4.53. The van der Waals surface area contributed by atoms with Crippen molar-refractivity contribution in [3.8, 4) is 11.1 Å². The van der Waals surface area contributed by atoms with Crippen molar-refractivity contribution in [2.45, 2.75) is 0 Å². The Morgan fingerprint density at radius 3 is 1.89 bits per heavy atom. The Kier molecular flexibility index (Phi) is 5.20. The minimum Gasteiger partial charge on any atom is -0.456 e. The maximum absolute atomic E-state index is 6.20. The number of furan rings is 1. The molecule has 0 radical (unpaired) electrons. The van der Waals surface area contributed by atoms with Crippen molar-refractivity contribution >= 4 is 61.4 Å². The summed E-state index contributed by atoms with van der Waals surface area (Å²) in [5.41, 5.74) is 7.39. The molecule has 7 rings (SSSR count). The standard InChI is InChI=1S/C34H22ClNO/c35-24-16-17-30-31-21-23(15-20-33(31)37-34(30)22-24)27-18-19-32(29-14-8-7-13-28(27)29)36(25-9-3-1-4-10-25)26-11-5-2-6-12-26/h1-22H. The molecule has 0 N–H and O–H groups in total. The van der Waals surface area contributed by atoms with Crippen molar-refractivity contribution in [3.63, 3.8) is 0 Å². The molecule has 0 saturated carbocycles. The Labute approximate surface area is 220 Å². The second-order valence-corrected chi connectivity index (χ2v) is 9.57. The molecule has 7 aromatic rings. The summed E-state index contributed by atoms with van der Waals surface area (Å²) in [7, 11) is 0. The molecule has 0 unspecified atom stereocenters. The predicted octanol–water partition coefficient (Wildman–Crippen LogP) is 10.5. The average molecular weight is 496 g/mol. The zero-order valence-corrected chi connectivity index (χ0v) is 20.7. The van der Waals surface area contributed by atoms with Gasteiger partial charge in [-0.1, -0.05) is 84.4 Å². The van der Waals surface area contributed by atoms with E-state index in [-0.39, 0.29) is 0 Å². The fourth-order valence-corrected chi connectivity index (χ4v) is 5.39. The van der Waals surface area contributed by atoms with Crippen molar-refractivity contribution in [3.05, 3.63) is 138 Å². The lowest BCUT2D eigenvalue weighted by molar-refractivity contribution is 0.669. The van der Waals surface area contributed by atoms with Gasteiger partial charge in [0.25, 0.3) is 0 Å². The molecule has 1 heterocycles. The Morgan fingerprint density at radius 2 is 1.16 bits per heavy atom. The zero-order chi connectivity index (χ0) is 24.8. The molecule has 0 atom stereocenters. The van der Waals surface area contributed by atoms with Crippen LogP contribution in [0.5, 0.6) is 0 Å². The van der Waals surface area contributed by atoms with Crippen LogP contribution >= 0.6 is 11.6 Å².